The zero-order valence-electron chi connectivity index (χ0n) is 12.9. The molecule has 0 radical (unpaired) electrons. The summed E-state index contributed by atoms with van der Waals surface area (Å²) in [6, 6.07) is 5.20. The van der Waals surface area contributed by atoms with Gasteiger partial charge in [-0.25, -0.2) is 4.79 Å². The van der Waals surface area contributed by atoms with Crippen molar-refractivity contribution in [3.05, 3.63) is 18.2 Å². The van der Waals surface area contributed by atoms with Gasteiger partial charge in [0.1, 0.15) is 6.10 Å². The second-order valence-corrected chi connectivity index (χ2v) is 4.81. The molecule has 22 heavy (non-hydrogen) atoms. The Bertz CT molecular complexity index is 561. The van der Waals surface area contributed by atoms with Crippen molar-refractivity contribution in [2.45, 2.75) is 19.4 Å². The van der Waals surface area contributed by atoms with E-state index in [4.69, 9.17) is 14.2 Å². The minimum Gasteiger partial charge on any atom is -0.493 e. The predicted molar refractivity (Wildman–Crippen MR) is 80.5 cm³/mol. The first kappa shape index (κ1) is 15.9. The van der Waals surface area contributed by atoms with Gasteiger partial charge in [0.2, 0.25) is 5.91 Å². The smallest absolute Gasteiger partial charge is 0.414 e. The number of hydrogen-bond acceptors (Lipinski definition) is 5. The molecule has 1 aliphatic rings. The van der Waals surface area contributed by atoms with Crippen LogP contribution in [0, 0.1) is 0 Å². The van der Waals surface area contributed by atoms with Crippen molar-refractivity contribution in [2.24, 2.45) is 0 Å². The number of benzene rings is 1. The van der Waals surface area contributed by atoms with Crippen molar-refractivity contribution in [2.75, 3.05) is 32.2 Å². The number of rotatable bonds is 6. The quantitative estimate of drug-likeness (QED) is 0.863. The second kappa shape index (κ2) is 7.02. The third-order valence-electron chi connectivity index (χ3n) is 3.40. The maximum atomic E-state index is 12.0. The maximum Gasteiger partial charge on any atom is 0.414 e. The number of nitrogens with one attached hydrogen (secondary N) is 1. The molecule has 1 fully saturated rings. The average Bonchev–Trinajstić information content (AvgIpc) is 2.92. The summed E-state index contributed by atoms with van der Waals surface area (Å²) in [5.41, 5.74) is 0.659. The molecule has 0 spiro atoms. The van der Waals surface area contributed by atoms with Gasteiger partial charge in [0, 0.05) is 12.5 Å². The molecule has 1 aliphatic heterocycles. The molecule has 0 aromatic heterocycles. The van der Waals surface area contributed by atoms with E-state index in [-0.39, 0.29) is 12.0 Å². The fourth-order valence-corrected chi connectivity index (χ4v) is 2.18. The highest BCUT2D eigenvalue weighted by Gasteiger charge is 2.32. The number of carbonyl (C=O) groups excluding carboxylic acids is 2. The van der Waals surface area contributed by atoms with Crippen LogP contribution in [0.2, 0.25) is 0 Å². The maximum absolute atomic E-state index is 12.0. The highest BCUT2D eigenvalue weighted by atomic mass is 16.6. The van der Waals surface area contributed by atoms with E-state index in [2.05, 4.69) is 5.32 Å². The molecule has 7 heteroatoms. The molecule has 0 aliphatic carbocycles. The molecule has 1 N–H and O–H groups in total. The van der Waals surface area contributed by atoms with E-state index in [0.717, 1.165) is 0 Å². The van der Waals surface area contributed by atoms with Crippen LogP contribution in [0.5, 0.6) is 11.5 Å². The van der Waals surface area contributed by atoms with Crippen LogP contribution in [0.1, 0.15) is 13.3 Å². The van der Waals surface area contributed by atoms with Crippen LogP contribution in [-0.4, -0.2) is 45.4 Å². The van der Waals surface area contributed by atoms with E-state index in [1.54, 1.807) is 32.2 Å². The first-order chi connectivity index (χ1) is 10.6. The van der Waals surface area contributed by atoms with E-state index < -0.39 is 6.09 Å². The molecular formula is C15H20N2O5. The normalized spacial score (nSPS) is 17.1. The third-order valence-corrected chi connectivity index (χ3v) is 3.40. The summed E-state index contributed by atoms with van der Waals surface area (Å²) in [6.45, 7) is 2.45. The zero-order chi connectivity index (χ0) is 16.1. The molecule has 2 rings (SSSR count). The molecule has 2 amide bonds. The molecule has 0 unspecified atom stereocenters. The van der Waals surface area contributed by atoms with Crippen molar-refractivity contribution >= 4 is 17.7 Å². The number of carbonyl (C=O) groups is 2. The van der Waals surface area contributed by atoms with Gasteiger partial charge in [-0.1, -0.05) is 6.92 Å². The minimum atomic E-state index is -0.442. The van der Waals surface area contributed by atoms with Crippen molar-refractivity contribution in [1.29, 1.82) is 0 Å². The Morgan fingerprint density at radius 3 is 2.73 bits per heavy atom. The monoisotopic (exact) mass is 308 g/mol. The molecular weight excluding hydrogens is 288 g/mol. The zero-order valence-corrected chi connectivity index (χ0v) is 12.9. The molecule has 1 aromatic carbocycles. The Morgan fingerprint density at radius 2 is 2.09 bits per heavy atom. The Labute approximate surface area is 129 Å². The number of methoxy groups -OCH3 is 2. The Kier molecular flexibility index (Phi) is 5.08. The number of anilines is 1. The van der Waals surface area contributed by atoms with Crippen LogP contribution < -0.4 is 19.7 Å². The molecule has 120 valence electrons. The SMILES string of the molecule is CCC(=O)NC[C@H]1CN(c2ccc(OC)c(OC)c2)C(=O)O1. The van der Waals surface area contributed by atoms with E-state index >= 15 is 0 Å². The fourth-order valence-electron chi connectivity index (χ4n) is 2.18. The van der Waals surface area contributed by atoms with Crippen molar-refractivity contribution < 1.29 is 23.8 Å². The van der Waals surface area contributed by atoms with Crippen LogP contribution in [-0.2, 0) is 9.53 Å². The minimum absolute atomic E-state index is 0.0689. The third kappa shape index (κ3) is 3.41. The average molecular weight is 308 g/mol. The summed E-state index contributed by atoms with van der Waals surface area (Å²) in [7, 11) is 3.08. The van der Waals surface area contributed by atoms with E-state index in [1.165, 1.54) is 12.0 Å². The lowest BCUT2D eigenvalue weighted by molar-refractivity contribution is -0.121. The van der Waals surface area contributed by atoms with Gasteiger partial charge in [0.25, 0.3) is 0 Å². The summed E-state index contributed by atoms with van der Waals surface area (Å²) in [4.78, 5) is 24.7. The summed E-state index contributed by atoms with van der Waals surface area (Å²) in [5, 5.41) is 2.72. The highest BCUT2D eigenvalue weighted by Crippen LogP contribution is 2.33. The largest absolute Gasteiger partial charge is 0.493 e. The molecule has 1 atom stereocenters. The standard InChI is InChI=1S/C15H20N2O5/c1-4-14(18)16-8-11-9-17(15(19)22-11)10-5-6-12(20-2)13(7-10)21-3/h5-7,11H,4,8-9H2,1-3H3,(H,16,18)/t11-/m0/s1. The van der Waals surface area contributed by atoms with Gasteiger partial charge in [-0.2, -0.15) is 0 Å². The van der Waals surface area contributed by atoms with E-state index in [9.17, 15) is 9.59 Å². The van der Waals surface area contributed by atoms with Crippen LogP contribution in [0.4, 0.5) is 10.5 Å². The lowest BCUT2D eigenvalue weighted by Crippen LogP contribution is -2.34. The lowest BCUT2D eigenvalue weighted by atomic mass is 10.2. The number of amides is 2. The fraction of sp³-hybridized carbons (Fsp3) is 0.467. The van der Waals surface area contributed by atoms with Gasteiger partial charge in [0.05, 0.1) is 33.0 Å². The van der Waals surface area contributed by atoms with Gasteiger partial charge >= 0.3 is 6.09 Å². The number of cyclic esters (lactones) is 1. The Hall–Kier alpha value is -2.44. The summed E-state index contributed by atoms with van der Waals surface area (Å²) in [5.74, 6) is 1.06. The second-order valence-electron chi connectivity index (χ2n) is 4.81. The molecule has 0 bridgehead atoms. The summed E-state index contributed by atoms with van der Waals surface area (Å²) in [6.07, 6.45) is -0.404. The van der Waals surface area contributed by atoms with Crippen molar-refractivity contribution in [3.63, 3.8) is 0 Å². The Morgan fingerprint density at radius 1 is 1.36 bits per heavy atom. The van der Waals surface area contributed by atoms with Gasteiger partial charge in [0.15, 0.2) is 11.5 Å². The van der Waals surface area contributed by atoms with Crippen LogP contribution >= 0.6 is 0 Å². The Balaban J connectivity index is 2.06. The number of hydrogen-bond donors (Lipinski definition) is 1. The number of nitrogens with zero attached hydrogens (tertiary/aromatic N) is 1. The first-order valence-electron chi connectivity index (χ1n) is 7.06. The lowest BCUT2D eigenvalue weighted by Gasteiger charge is -2.15. The molecule has 1 aromatic rings. The van der Waals surface area contributed by atoms with Crippen molar-refractivity contribution in [1.82, 2.24) is 5.32 Å². The molecule has 0 saturated carbocycles. The highest BCUT2D eigenvalue weighted by molar-refractivity contribution is 5.90. The van der Waals surface area contributed by atoms with Gasteiger partial charge in [-0.3, -0.25) is 9.69 Å². The molecule has 7 nitrogen and oxygen atoms in total. The van der Waals surface area contributed by atoms with Crippen molar-refractivity contribution in [3.8, 4) is 11.5 Å². The van der Waals surface area contributed by atoms with Crippen LogP contribution in [0.3, 0.4) is 0 Å². The predicted octanol–water partition coefficient (Wildman–Crippen LogP) is 1.56. The first-order valence-corrected chi connectivity index (χ1v) is 7.06. The summed E-state index contributed by atoms with van der Waals surface area (Å²) >= 11 is 0. The van der Waals surface area contributed by atoms with Gasteiger partial charge in [-0.05, 0) is 12.1 Å². The van der Waals surface area contributed by atoms with Crippen LogP contribution in [0.15, 0.2) is 18.2 Å². The molecule has 1 heterocycles. The van der Waals surface area contributed by atoms with E-state index in [0.29, 0.717) is 36.7 Å². The number of ether oxygens (including phenoxy) is 3. The summed E-state index contributed by atoms with van der Waals surface area (Å²) < 4.78 is 15.7. The van der Waals surface area contributed by atoms with Gasteiger partial charge in [-0.15, -0.1) is 0 Å². The molecule has 1 saturated heterocycles. The topological polar surface area (TPSA) is 77.1 Å². The van der Waals surface area contributed by atoms with E-state index in [1.807, 2.05) is 0 Å². The van der Waals surface area contributed by atoms with Gasteiger partial charge < -0.3 is 19.5 Å². The van der Waals surface area contributed by atoms with Crippen LogP contribution in [0.25, 0.3) is 0 Å².